The SMILES string of the molecule is CCOC(=O)c1nc(-c2ccc(C)c(C)c2)sc1C. The van der Waals surface area contributed by atoms with Crippen molar-refractivity contribution in [2.24, 2.45) is 0 Å². The van der Waals surface area contributed by atoms with Crippen molar-refractivity contribution < 1.29 is 9.53 Å². The lowest BCUT2D eigenvalue weighted by Gasteiger charge is -2.02. The van der Waals surface area contributed by atoms with Crippen LogP contribution in [-0.2, 0) is 4.74 Å². The van der Waals surface area contributed by atoms with Crippen molar-refractivity contribution in [3.63, 3.8) is 0 Å². The Bertz CT molecular complexity index is 617. The molecule has 0 aliphatic carbocycles. The van der Waals surface area contributed by atoms with E-state index >= 15 is 0 Å². The van der Waals surface area contributed by atoms with Crippen molar-refractivity contribution in [1.29, 1.82) is 0 Å². The quantitative estimate of drug-likeness (QED) is 0.797. The van der Waals surface area contributed by atoms with Crippen molar-refractivity contribution in [3.05, 3.63) is 39.9 Å². The monoisotopic (exact) mass is 275 g/mol. The molecular formula is C15H17NO2S. The zero-order chi connectivity index (χ0) is 14.0. The number of carbonyl (C=O) groups excluding carboxylic acids is 1. The van der Waals surface area contributed by atoms with Crippen molar-refractivity contribution in [3.8, 4) is 10.6 Å². The molecule has 0 saturated carbocycles. The summed E-state index contributed by atoms with van der Waals surface area (Å²) in [6.45, 7) is 8.22. The molecule has 0 aliphatic rings. The third-order valence-corrected chi connectivity index (χ3v) is 4.04. The fourth-order valence-electron chi connectivity index (χ4n) is 1.78. The zero-order valence-corrected chi connectivity index (χ0v) is 12.4. The van der Waals surface area contributed by atoms with Gasteiger partial charge >= 0.3 is 5.97 Å². The van der Waals surface area contributed by atoms with Crippen LogP contribution >= 0.6 is 11.3 Å². The van der Waals surface area contributed by atoms with E-state index < -0.39 is 0 Å². The first kappa shape index (κ1) is 13.7. The summed E-state index contributed by atoms with van der Waals surface area (Å²) in [7, 11) is 0. The Balaban J connectivity index is 2.38. The van der Waals surface area contributed by atoms with Crippen molar-refractivity contribution in [2.75, 3.05) is 6.61 Å². The summed E-state index contributed by atoms with van der Waals surface area (Å²) < 4.78 is 5.01. The van der Waals surface area contributed by atoms with Gasteiger partial charge in [0.2, 0.25) is 0 Å². The Morgan fingerprint density at radius 1 is 1.26 bits per heavy atom. The van der Waals surface area contributed by atoms with Crippen molar-refractivity contribution in [2.45, 2.75) is 27.7 Å². The second-order valence-electron chi connectivity index (χ2n) is 4.44. The van der Waals surface area contributed by atoms with Crippen LogP contribution in [0, 0.1) is 20.8 Å². The van der Waals surface area contributed by atoms with Gasteiger partial charge in [-0.2, -0.15) is 0 Å². The highest BCUT2D eigenvalue weighted by molar-refractivity contribution is 7.15. The first-order valence-corrected chi connectivity index (χ1v) is 7.06. The van der Waals surface area contributed by atoms with E-state index in [1.54, 1.807) is 6.92 Å². The van der Waals surface area contributed by atoms with E-state index in [4.69, 9.17) is 4.74 Å². The van der Waals surface area contributed by atoms with Gasteiger partial charge in [0.1, 0.15) is 5.01 Å². The van der Waals surface area contributed by atoms with E-state index in [2.05, 4.69) is 31.0 Å². The molecule has 3 nitrogen and oxygen atoms in total. The molecule has 0 bridgehead atoms. The van der Waals surface area contributed by atoms with Crippen molar-refractivity contribution in [1.82, 2.24) is 4.98 Å². The number of ether oxygens (including phenoxy) is 1. The van der Waals surface area contributed by atoms with Gasteiger partial charge in [-0.05, 0) is 44.9 Å². The maximum Gasteiger partial charge on any atom is 0.358 e. The molecule has 0 fully saturated rings. The van der Waals surface area contributed by atoms with Gasteiger partial charge in [0.25, 0.3) is 0 Å². The number of esters is 1. The molecule has 0 aliphatic heterocycles. The summed E-state index contributed by atoms with van der Waals surface area (Å²) in [5.41, 5.74) is 3.96. The standard InChI is InChI=1S/C15H17NO2S/c1-5-18-15(17)13-11(4)19-14(16-13)12-7-6-9(2)10(3)8-12/h6-8H,5H2,1-4H3. The molecule has 0 N–H and O–H groups in total. The summed E-state index contributed by atoms with van der Waals surface area (Å²) in [6.07, 6.45) is 0. The summed E-state index contributed by atoms with van der Waals surface area (Å²) in [6, 6.07) is 6.21. The molecular weight excluding hydrogens is 258 g/mol. The van der Waals surface area contributed by atoms with Crippen LogP contribution in [0.3, 0.4) is 0 Å². The van der Waals surface area contributed by atoms with Gasteiger partial charge in [-0.1, -0.05) is 12.1 Å². The van der Waals surface area contributed by atoms with Crippen LogP contribution in [0.5, 0.6) is 0 Å². The Morgan fingerprint density at radius 3 is 2.63 bits per heavy atom. The van der Waals surface area contributed by atoms with Crippen LogP contribution in [0.25, 0.3) is 10.6 Å². The van der Waals surface area contributed by atoms with Crippen LogP contribution < -0.4 is 0 Å². The van der Waals surface area contributed by atoms with Crippen LogP contribution in [-0.4, -0.2) is 17.6 Å². The van der Waals surface area contributed by atoms with E-state index in [1.165, 1.54) is 22.5 Å². The molecule has 0 unspecified atom stereocenters. The van der Waals surface area contributed by atoms with Gasteiger partial charge in [-0.15, -0.1) is 11.3 Å². The fourth-order valence-corrected chi connectivity index (χ4v) is 2.68. The van der Waals surface area contributed by atoms with Crippen LogP contribution in [0.4, 0.5) is 0 Å². The van der Waals surface area contributed by atoms with Gasteiger partial charge in [0, 0.05) is 10.4 Å². The normalized spacial score (nSPS) is 10.5. The first-order valence-electron chi connectivity index (χ1n) is 6.25. The lowest BCUT2D eigenvalue weighted by atomic mass is 10.1. The Kier molecular flexibility index (Phi) is 4.00. The number of aryl methyl sites for hydroxylation is 3. The number of hydrogen-bond acceptors (Lipinski definition) is 4. The third kappa shape index (κ3) is 2.84. The lowest BCUT2D eigenvalue weighted by molar-refractivity contribution is 0.0519. The molecule has 100 valence electrons. The summed E-state index contributed by atoms with van der Waals surface area (Å²) >= 11 is 1.52. The van der Waals surface area contributed by atoms with Gasteiger partial charge in [-0.25, -0.2) is 9.78 Å². The minimum Gasteiger partial charge on any atom is -0.461 e. The number of carbonyl (C=O) groups is 1. The van der Waals surface area contributed by atoms with E-state index in [1.807, 2.05) is 13.0 Å². The predicted molar refractivity (Wildman–Crippen MR) is 77.7 cm³/mol. The Morgan fingerprint density at radius 2 is 2.00 bits per heavy atom. The molecule has 4 heteroatoms. The molecule has 0 atom stereocenters. The predicted octanol–water partition coefficient (Wildman–Crippen LogP) is 3.91. The molecule has 19 heavy (non-hydrogen) atoms. The number of aromatic nitrogens is 1. The van der Waals surface area contributed by atoms with E-state index in [0.717, 1.165) is 15.4 Å². The van der Waals surface area contributed by atoms with E-state index in [-0.39, 0.29) is 5.97 Å². The van der Waals surface area contributed by atoms with Crippen LogP contribution in [0.2, 0.25) is 0 Å². The molecule has 1 aromatic heterocycles. The zero-order valence-electron chi connectivity index (χ0n) is 11.6. The molecule has 0 saturated heterocycles. The maximum absolute atomic E-state index is 11.8. The third-order valence-electron chi connectivity index (χ3n) is 3.02. The molecule has 0 spiro atoms. The molecule has 2 aromatic rings. The van der Waals surface area contributed by atoms with Crippen LogP contribution in [0.1, 0.15) is 33.4 Å². The molecule has 0 radical (unpaired) electrons. The van der Waals surface area contributed by atoms with E-state index in [9.17, 15) is 4.79 Å². The topological polar surface area (TPSA) is 39.2 Å². The lowest BCUT2D eigenvalue weighted by Crippen LogP contribution is -2.06. The molecule has 2 rings (SSSR count). The number of nitrogens with zero attached hydrogens (tertiary/aromatic N) is 1. The highest BCUT2D eigenvalue weighted by Gasteiger charge is 2.17. The number of hydrogen-bond donors (Lipinski definition) is 0. The first-order chi connectivity index (χ1) is 9.02. The molecule has 1 heterocycles. The van der Waals surface area contributed by atoms with Gasteiger partial charge in [0.15, 0.2) is 5.69 Å². The van der Waals surface area contributed by atoms with Crippen molar-refractivity contribution >= 4 is 17.3 Å². The number of thiazole rings is 1. The largest absolute Gasteiger partial charge is 0.461 e. The highest BCUT2D eigenvalue weighted by Crippen LogP contribution is 2.29. The van der Waals surface area contributed by atoms with Gasteiger partial charge < -0.3 is 4.74 Å². The Labute approximate surface area is 117 Å². The Hall–Kier alpha value is -1.68. The molecule has 0 amide bonds. The summed E-state index contributed by atoms with van der Waals surface area (Å²) in [4.78, 5) is 17.1. The average molecular weight is 275 g/mol. The summed E-state index contributed by atoms with van der Waals surface area (Å²) in [5, 5.41) is 0.864. The fraction of sp³-hybridized carbons (Fsp3) is 0.333. The highest BCUT2D eigenvalue weighted by atomic mass is 32.1. The summed E-state index contributed by atoms with van der Waals surface area (Å²) in [5.74, 6) is -0.341. The number of benzene rings is 1. The van der Waals surface area contributed by atoms with Gasteiger partial charge in [-0.3, -0.25) is 0 Å². The second kappa shape index (κ2) is 5.53. The maximum atomic E-state index is 11.8. The average Bonchev–Trinajstić information content (AvgIpc) is 2.75. The smallest absolute Gasteiger partial charge is 0.358 e. The minimum atomic E-state index is -0.341. The van der Waals surface area contributed by atoms with Gasteiger partial charge in [0.05, 0.1) is 6.61 Å². The van der Waals surface area contributed by atoms with Crippen LogP contribution in [0.15, 0.2) is 18.2 Å². The second-order valence-corrected chi connectivity index (χ2v) is 5.65. The minimum absolute atomic E-state index is 0.341. The number of rotatable bonds is 3. The van der Waals surface area contributed by atoms with E-state index in [0.29, 0.717) is 12.3 Å². The molecule has 1 aromatic carbocycles.